The molecule has 0 aliphatic heterocycles. The third-order valence-electron chi connectivity index (χ3n) is 3.35. The Labute approximate surface area is 119 Å². The highest BCUT2D eigenvalue weighted by atomic mass is 19.1. The van der Waals surface area contributed by atoms with Crippen molar-refractivity contribution in [3.05, 3.63) is 53.6 Å². The van der Waals surface area contributed by atoms with E-state index in [1.807, 2.05) is 30.1 Å². The minimum atomic E-state index is -0.175. The van der Waals surface area contributed by atoms with Gasteiger partial charge in [-0.2, -0.15) is 5.10 Å². The van der Waals surface area contributed by atoms with Gasteiger partial charge < -0.3 is 5.32 Å². The second-order valence-corrected chi connectivity index (χ2v) is 5.31. The molecule has 0 saturated carbocycles. The molecule has 0 bridgehead atoms. The van der Waals surface area contributed by atoms with Crippen LogP contribution in [-0.2, 0) is 19.9 Å². The molecular formula is C16H22FN3. The molecule has 1 heterocycles. The molecule has 0 unspecified atom stereocenters. The van der Waals surface area contributed by atoms with Gasteiger partial charge in [-0.1, -0.05) is 12.1 Å². The average molecular weight is 275 g/mol. The van der Waals surface area contributed by atoms with Gasteiger partial charge in [-0.15, -0.1) is 0 Å². The molecule has 0 radical (unpaired) electrons. The van der Waals surface area contributed by atoms with Gasteiger partial charge in [0.15, 0.2) is 0 Å². The Morgan fingerprint density at radius 1 is 1.25 bits per heavy atom. The summed E-state index contributed by atoms with van der Waals surface area (Å²) in [5.74, 6) is -0.175. The molecule has 1 N–H and O–H groups in total. The lowest BCUT2D eigenvalue weighted by atomic mass is 10.1. The fourth-order valence-corrected chi connectivity index (χ4v) is 2.29. The van der Waals surface area contributed by atoms with Gasteiger partial charge in [0.25, 0.3) is 0 Å². The molecule has 20 heavy (non-hydrogen) atoms. The van der Waals surface area contributed by atoms with Crippen molar-refractivity contribution >= 4 is 0 Å². The lowest BCUT2D eigenvalue weighted by Crippen LogP contribution is -2.29. The van der Waals surface area contributed by atoms with Crippen LogP contribution in [0.4, 0.5) is 4.39 Å². The molecule has 1 atom stereocenters. The molecule has 0 spiro atoms. The van der Waals surface area contributed by atoms with Crippen LogP contribution in [0.15, 0.2) is 36.7 Å². The van der Waals surface area contributed by atoms with Crippen LogP contribution in [0.1, 0.15) is 24.5 Å². The number of nitrogens with zero attached hydrogens (tertiary/aromatic N) is 2. The van der Waals surface area contributed by atoms with Gasteiger partial charge in [0, 0.05) is 19.3 Å². The predicted molar refractivity (Wildman–Crippen MR) is 79.1 cm³/mol. The minimum absolute atomic E-state index is 0.175. The van der Waals surface area contributed by atoms with Crippen molar-refractivity contribution in [1.29, 1.82) is 0 Å². The van der Waals surface area contributed by atoms with Crippen molar-refractivity contribution in [2.24, 2.45) is 7.05 Å². The van der Waals surface area contributed by atoms with Gasteiger partial charge in [-0.05, 0) is 56.0 Å². The van der Waals surface area contributed by atoms with Gasteiger partial charge in [0.05, 0.1) is 6.20 Å². The van der Waals surface area contributed by atoms with E-state index in [1.54, 1.807) is 0 Å². The van der Waals surface area contributed by atoms with E-state index in [1.165, 1.54) is 23.3 Å². The topological polar surface area (TPSA) is 29.9 Å². The van der Waals surface area contributed by atoms with Crippen LogP contribution in [-0.4, -0.2) is 22.4 Å². The Morgan fingerprint density at radius 2 is 2.00 bits per heavy atom. The maximum Gasteiger partial charge on any atom is 0.123 e. The number of halogens is 1. The van der Waals surface area contributed by atoms with Crippen LogP contribution in [0, 0.1) is 5.82 Å². The standard InChI is InChI=1S/C16H22FN3/c1-13(10-14-5-7-16(17)8-6-14)18-9-3-4-15-11-19-20(2)12-15/h5-8,11-13,18H,3-4,9-10H2,1-2H3/t13-/m0/s1. The smallest absolute Gasteiger partial charge is 0.123 e. The number of aromatic nitrogens is 2. The molecular weight excluding hydrogens is 253 g/mol. The second kappa shape index (κ2) is 7.20. The fourth-order valence-electron chi connectivity index (χ4n) is 2.29. The van der Waals surface area contributed by atoms with E-state index < -0.39 is 0 Å². The third kappa shape index (κ3) is 4.78. The third-order valence-corrected chi connectivity index (χ3v) is 3.35. The van der Waals surface area contributed by atoms with Crippen LogP contribution >= 0.6 is 0 Å². The summed E-state index contributed by atoms with van der Waals surface area (Å²) in [5.41, 5.74) is 2.44. The minimum Gasteiger partial charge on any atom is -0.314 e. The number of aryl methyl sites for hydroxylation is 2. The van der Waals surface area contributed by atoms with Crippen LogP contribution in [0.2, 0.25) is 0 Å². The van der Waals surface area contributed by atoms with Crippen LogP contribution in [0.3, 0.4) is 0 Å². The van der Waals surface area contributed by atoms with Crippen LogP contribution < -0.4 is 5.32 Å². The summed E-state index contributed by atoms with van der Waals surface area (Å²) in [4.78, 5) is 0. The molecule has 0 aliphatic carbocycles. The van der Waals surface area contributed by atoms with Crippen molar-refractivity contribution < 1.29 is 4.39 Å². The second-order valence-electron chi connectivity index (χ2n) is 5.31. The summed E-state index contributed by atoms with van der Waals surface area (Å²) >= 11 is 0. The number of nitrogens with one attached hydrogen (secondary N) is 1. The first-order chi connectivity index (χ1) is 9.63. The van der Waals surface area contributed by atoms with E-state index in [2.05, 4.69) is 23.5 Å². The number of hydrogen-bond acceptors (Lipinski definition) is 2. The maximum atomic E-state index is 12.8. The van der Waals surface area contributed by atoms with E-state index in [0.717, 1.165) is 25.8 Å². The molecule has 4 heteroatoms. The summed E-state index contributed by atoms with van der Waals surface area (Å²) in [6.07, 6.45) is 7.04. The Kier molecular flexibility index (Phi) is 5.30. The maximum absolute atomic E-state index is 12.8. The highest BCUT2D eigenvalue weighted by Crippen LogP contribution is 2.06. The lowest BCUT2D eigenvalue weighted by Gasteiger charge is -2.13. The summed E-state index contributed by atoms with van der Waals surface area (Å²) in [6.45, 7) is 3.14. The van der Waals surface area contributed by atoms with E-state index in [4.69, 9.17) is 0 Å². The molecule has 3 nitrogen and oxygen atoms in total. The monoisotopic (exact) mass is 275 g/mol. The van der Waals surface area contributed by atoms with Crippen molar-refractivity contribution in [1.82, 2.24) is 15.1 Å². The van der Waals surface area contributed by atoms with Crippen molar-refractivity contribution in [3.63, 3.8) is 0 Å². The molecule has 108 valence electrons. The molecule has 1 aromatic heterocycles. The normalized spacial score (nSPS) is 12.6. The zero-order valence-corrected chi connectivity index (χ0v) is 12.1. The van der Waals surface area contributed by atoms with Crippen molar-refractivity contribution in [2.75, 3.05) is 6.54 Å². The summed E-state index contributed by atoms with van der Waals surface area (Å²) in [5, 5.41) is 7.66. The first kappa shape index (κ1) is 14.7. The summed E-state index contributed by atoms with van der Waals surface area (Å²) in [6, 6.07) is 7.13. The van der Waals surface area contributed by atoms with Crippen LogP contribution in [0.5, 0.6) is 0 Å². The SMILES string of the molecule is C[C@@H](Cc1ccc(F)cc1)NCCCc1cnn(C)c1. The molecule has 0 aliphatic rings. The first-order valence-electron chi connectivity index (χ1n) is 7.09. The predicted octanol–water partition coefficient (Wildman–Crippen LogP) is 2.71. The Hall–Kier alpha value is -1.68. The Bertz CT molecular complexity index is 519. The molecule has 0 amide bonds. The number of rotatable bonds is 7. The molecule has 1 aromatic carbocycles. The summed E-state index contributed by atoms with van der Waals surface area (Å²) in [7, 11) is 1.94. The quantitative estimate of drug-likeness (QED) is 0.787. The number of benzene rings is 1. The Morgan fingerprint density at radius 3 is 2.65 bits per heavy atom. The van der Waals surface area contributed by atoms with Crippen molar-refractivity contribution in [3.8, 4) is 0 Å². The van der Waals surface area contributed by atoms with Crippen molar-refractivity contribution in [2.45, 2.75) is 32.2 Å². The van der Waals surface area contributed by atoms with Gasteiger partial charge in [-0.3, -0.25) is 4.68 Å². The number of hydrogen-bond donors (Lipinski definition) is 1. The zero-order chi connectivity index (χ0) is 14.4. The van der Waals surface area contributed by atoms with E-state index in [9.17, 15) is 4.39 Å². The van der Waals surface area contributed by atoms with E-state index in [-0.39, 0.29) is 5.82 Å². The molecule has 0 fully saturated rings. The Balaban J connectivity index is 1.65. The summed E-state index contributed by atoms with van der Waals surface area (Å²) < 4.78 is 14.6. The molecule has 2 rings (SSSR count). The van der Waals surface area contributed by atoms with E-state index >= 15 is 0 Å². The van der Waals surface area contributed by atoms with Gasteiger partial charge in [0.1, 0.15) is 5.82 Å². The molecule has 2 aromatic rings. The average Bonchev–Trinajstić information content (AvgIpc) is 2.83. The van der Waals surface area contributed by atoms with Gasteiger partial charge in [-0.25, -0.2) is 4.39 Å². The zero-order valence-electron chi connectivity index (χ0n) is 12.1. The fraction of sp³-hybridized carbons (Fsp3) is 0.438. The highest BCUT2D eigenvalue weighted by molar-refractivity contribution is 5.17. The van der Waals surface area contributed by atoms with Crippen LogP contribution in [0.25, 0.3) is 0 Å². The first-order valence-corrected chi connectivity index (χ1v) is 7.09. The van der Waals surface area contributed by atoms with Gasteiger partial charge in [0.2, 0.25) is 0 Å². The highest BCUT2D eigenvalue weighted by Gasteiger charge is 2.03. The van der Waals surface area contributed by atoms with Gasteiger partial charge >= 0.3 is 0 Å². The largest absolute Gasteiger partial charge is 0.314 e. The lowest BCUT2D eigenvalue weighted by molar-refractivity contribution is 0.533. The van der Waals surface area contributed by atoms with E-state index in [0.29, 0.717) is 6.04 Å². The molecule has 0 saturated heterocycles.